The van der Waals surface area contributed by atoms with E-state index in [0.29, 0.717) is 47.6 Å². The Kier molecular flexibility index (Phi) is 6.21. The first-order valence-electron chi connectivity index (χ1n) is 11.4. The molecule has 0 unspecified atom stereocenters. The van der Waals surface area contributed by atoms with Crippen LogP contribution in [-0.2, 0) is 13.1 Å². The average Bonchev–Trinajstić information content (AvgIpc) is 2.87. The van der Waals surface area contributed by atoms with E-state index in [2.05, 4.69) is 17.0 Å². The standard InChI is InChI=1S/C29H26N2O4/c1-34-25-14-8-11-20(28(25)35-2)15-21-17-31(16-19-9-4-3-5-10-19)18-23-26(29(32)33)22-12-6-7-13-24(22)30-27(21)23/h3-15H,16-18H2,1-2H3,(H,32,33). The topological polar surface area (TPSA) is 71.9 Å². The molecule has 0 saturated heterocycles. The molecule has 0 radical (unpaired) electrons. The van der Waals surface area contributed by atoms with Crippen molar-refractivity contribution >= 4 is 28.5 Å². The highest BCUT2D eigenvalue weighted by molar-refractivity contribution is 6.06. The predicted octanol–water partition coefficient (Wildman–Crippen LogP) is 5.51. The summed E-state index contributed by atoms with van der Waals surface area (Å²) < 4.78 is 11.1. The Morgan fingerprint density at radius 1 is 0.971 bits per heavy atom. The number of pyridine rings is 1. The molecule has 6 heteroatoms. The van der Waals surface area contributed by atoms with Crippen molar-refractivity contribution in [2.45, 2.75) is 13.1 Å². The molecule has 1 aromatic heterocycles. The number of aromatic nitrogens is 1. The number of nitrogens with zero attached hydrogens (tertiary/aromatic N) is 2. The molecule has 35 heavy (non-hydrogen) atoms. The predicted molar refractivity (Wildman–Crippen MR) is 137 cm³/mol. The van der Waals surface area contributed by atoms with Gasteiger partial charge in [0.2, 0.25) is 0 Å². The fourth-order valence-electron chi connectivity index (χ4n) is 4.79. The molecule has 5 rings (SSSR count). The van der Waals surface area contributed by atoms with Gasteiger partial charge < -0.3 is 14.6 Å². The molecule has 0 fully saturated rings. The van der Waals surface area contributed by atoms with Gasteiger partial charge in [-0.15, -0.1) is 0 Å². The van der Waals surface area contributed by atoms with Gasteiger partial charge in [-0.05, 0) is 29.3 Å². The Bertz CT molecular complexity index is 1430. The Balaban J connectivity index is 1.71. The first kappa shape index (κ1) is 22.6. The Hall–Kier alpha value is -4.16. The van der Waals surface area contributed by atoms with Crippen LogP contribution in [0.15, 0.2) is 72.8 Å². The maximum Gasteiger partial charge on any atom is 0.336 e. The number of fused-ring (bicyclic) bond motifs is 2. The Morgan fingerprint density at radius 3 is 2.49 bits per heavy atom. The van der Waals surface area contributed by atoms with Crippen LogP contribution >= 0.6 is 0 Å². The zero-order valence-corrected chi connectivity index (χ0v) is 19.7. The van der Waals surface area contributed by atoms with Crippen LogP contribution in [0, 0.1) is 0 Å². The first-order chi connectivity index (χ1) is 17.1. The van der Waals surface area contributed by atoms with Crippen molar-refractivity contribution in [2.75, 3.05) is 20.8 Å². The number of carbonyl (C=O) groups is 1. The van der Waals surface area contributed by atoms with Crippen LogP contribution in [0.3, 0.4) is 0 Å². The molecule has 3 aromatic carbocycles. The minimum absolute atomic E-state index is 0.312. The summed E-state index contributed by atoms with van der Waals surface area (Å²) in [6.45, 7) is 1.81. The summed E-state index contributed by atoms with van der Waals surface area (Å²) in [5.41, 5.74) is 5.38. The highest BCUT2D eigenvalue weighted by Gasteiger charge is 2.29. The van der Waals surface area contributed by atoms with Gasteiger partial charge in [0.15, 0.2) is 11.5 Å². The average molecular weight is 467 g/mol. The number of ether oxygens (including phenoxy) is 2. The van der Waals surface area contributed by atoms with E-state index in [1.54, 1.807) is 14.2 Å². The van der Waals surface area contributed by atoms with E-state index in [4.69, 9.17) is 14.5 Å². The molecule has 2 heterocycles. The van der Waals surface area contributed by atoms with Gasteiger partial charge in [-0.2, -0.15) is 0 Å². The fraction of sp³-hybridized carbons (Fsp3) is 0.172. The second-order valence-electron chi connectivity index (χ2n) is 8.52. The van der Waals surface area contributed by atoms with Gasteiger partial charge in [0.25, 0.3) is 0 Å². The lowest BCUT2D eigenvalue weighted by Gasteiger charge is -2.31. The lowest BCUT2D eigenvalue weighted by molar-refractivity contribution is 0.0696. The number of para-hydroxylation sites is 2. The van der Waals surface area contributed by atoms with Crippen molar-refractivity contribution in [3.8, 4) is 11.5 Å². The Morgan fingerprint density at radius 2 is 1.74 bits per heavy atom. The second-order valence-corrected chi connectivity index (χ2v) is 8.52. The van der Waals surface area contributed by atoms with Crippen LogP contribution in [-0.4, -0.2) is 41.7 Å². The smallest absolute Gasteiger partial charge is 0.336 e. The van der Waals surface area contributed by atoms with Gasteiger partial charge in [0, 0.05) is 36.1 Å². The minimum atomic E-state index is -0.945. The van der Waals surface area contributed by atoms with Crippen LogP contribution in [0.4, 0.5) is 0 Å². The van der Waals surface area contributed by atoms with Crippen molar-refractivity contribution in [1.29, 1.82) is 0 Å². The highest BCUT2D eigenvalue weighted by Crippen LogP contribution is 2.37. The third kappa shape index (κ3) is 4.36. The number of hydrogen-bond acceptors (Lipinski definition) is 5. The van der Waals surface area contributed by atoms with E-state index in [1.165, 1.54) is 5.56 Å². The van der Waals surface area contributed by atoms with Crippen LogP contribution in [0.25, 0.3) is 22.6 Å². The third-order valence-corrected chi connectivity index (χ3v) is 6.30. The van der Waals surface area contributed by atoms with E-state index in [0.717, 1.165) is 22.4 Å². The largest absolute Gasteiger partial charge is 0.493 e. The monoisotopic (exact) mass is 466 g/mol. The zero-order valence-electron chi connectivity index (χ0n) is 19.7. The van der Waals surface area contributed by atoms with Gasteiger partial charge in [-0.25, -0.2) is 9.78 Å². The molecule has 1 N–H and O–H groups in total. The molecule has 4 aromatic rings. The maximum atomic E-state index is 12.5. The Labute approximate surface area is 204 Å². The lowest BCUT2D eigenvalue weighted by atomic mass is 9.91. The molecule has 1 aliphatic heterocycles. The number of carboxylic acid groups (broad SMARTS) is 1. The molecule has 0 atom stereocenters. The highest BCUT2D eigenvalue weighted by atomic mass is 16.5. The fourth-order valence-corrected chi connectivity index (χ4v) is 4.79. The van der Waals surface area contributed by atoms with E-state index in [1.807, 2.05) is 66.7 Å². The molecule has 0 aliphatic carbocycles. The number of benzene rings is 3. The van der Waals surface area contributed by atoms with Crippen molar-refractivity contribution in [3.63, 3.8) is 0 Å². The van der Waals surface area contributed by atoms with E-state index in [-0.39, 0.29) is 0 Å². The SMILES string of the molecule is COc1cccc(C=C2CN(Cc3ccccc3)Cc3c2nc2ccccc2c3C(=O)O)c1OC. The number of hydrogen-bond donors (Lipinski definition) is 1. The molecule has 0 saturated carbocycles. The number of aromatic carboxylic acids is 1. The van der Waals surface area contributed by atoms with Gasteiger partial charge >= 0.3 is 5.97 Å². The first-order valence-corrected chi connectivity index (χ1v) is 11.4. The molecular formula is C29H26N2O4. The van der Waals surface area contributed by atoms with Crippen LogP contribution in [0.2, 0.25) is 0 Å². The van der Waals surface area contributed by atoms with Gasteiger partial charge in [-0.3, -0.25) is 4.90 Å². The molecule has 0 spiro atoms. The summed E-state index contributed by atoms with van der Waals surface area (Å²) in [5, 5.41) is 10.9. The second kappa shape index (κ2) is 9.60. The number of rotatable bonds is 6. The van der Waals surface area contributed by atoms with Gasteiger partial charge in [-0.1, -0.05) is 60.7 Å². The van der Waals surface area contributed by atoms with Crippen LogP contribution in [0.5, 0.6) is 11.5 Å². The quantitative estimate of drug-likeness (QED) is 0.404. The van der Waals surface area contributed by atoms with Crippen LogP contribution < -0.4 is 9.47 Å². The van der Waals surface area contributed by atoms with Crippen molar-refractivity contribution in [3.05, 3.63) is 101 Å². The van der Waals surface area contributed by atoms with E-state index < -0.39 is 5.97 Å². The molecule has 6 nitrogen and oxygen atoms in total. The maximum absolute atomic E-state index is 12.5. The van der Waals surface area contributed by atoms with E-state index in [9.17, 15) is 9.90 Å². The molecule has 0 bridgehead atoms. The summed E-state index contributed by atoms with van der Waals surface area (Å²) in [6.07, 6.45) is 2.03. The van der Waals surface area contributed by atoms with Gasteiger partial charge in [0.05, 0.1) is 31.0 Å². The summed E-state index contributed by atoms with van der Waals surface area (Å²) in [7, 11) is 3.23. The van der Waals surface area contributed by atoms with Crippen LogP contribution in [0.1, 0.15) is 32.7 Å². The number of methoxy groups -OCH3 is 2. The van der Waals surface area contributed by atoms with Crippen molar-refractivity contribution in [1.82, 2.24) is 9.88 Å². The van der Waals surface area contributed by atoms with Crippen molar-refractivity contribution in [2.24, 2.45) is 0 Å². The summed E-state index contributed by atoms with van der Waals surface area (Å²) in [6, 6.07) is 23.3. The molecule has 1 aliphatic rings. The minimum Gasteiger partial charge on any atom is -0.493 e. The van der Waals surface area contributed by atoms with E-state index >= 15 is 0 Å². The summed E-state index contributed by atoms with van der Waals surface area (Å²) in [5.74, 6) is 0.319. The van der Waals surface area contributed by atoms with Gasteiger partial charge in [0.1, 0.15) is 0 Å². The normalized spacial score (nSPS) is 14.6. The third-order valence-electron chi connectivity index (χ3n) is 6.30. The number of carboxylic acids is 1. The zero-order chi connectivity index (χ0) is 24.4. The molecule has 0 amide bonds. The molecular weight excluding hydrogens is 440 g/mol. The molecule has 176 valence electrons. The van der Waals surface area contributed by atoms with Crippen molar-refractivity contribution < 1.29 is 19.4 Å². The summed E-state index contributed by atoms with van der Waals surface area (Å²) in [4.78, 5) is 19.7. The lowest BCUT2D eigenvalue weighted by Crippen LogP contribution is -2.31. The summed E-state index contributed by atoms with van der Waals surface area (Å²) >= 11 is 0.